The van der Waals surface area contributed by atoms with Crippen LogP contribution < -0.4 is 5.32 Å². The van der Waals surface area contributed by atoms with Gasteiger partial charge in [0, 0.05) is 18.3 Å². The summed E-state index contributed by atoms with van der Waals surface area (Å²) in [4.78, 5) is 14.2. The summed E-state index contributed by atoms with van der Waals surface area (Å²) in [7, 11) is 0. The first-order valence-electron chi connectivity index (χ1n) is 5.05. The van der Waals surface area contributed by atoms with Crippen LogP contribution >= 0.6 is 0 Å². The summed E-state index contributed by atoms with van der Waals surface area (Å²) in [6.07, 6.45) is 0. The lowest BCUT2D eigenvalue weighted by Gasteiger charge is -2.20. The van der Waals surface area contributed by atoms with Crippen LogP contribution in [0.15, 0.2) is 12.1 Å². The first kappa shape index (κ1) is 13.3. The summed E-state index contributed by atoms with van der Waals surface area (Å²) >= 11 is 0. The van der Waals surface area contributed by atoms with E-state index in [1.165, 1.54) is 19.1 Å². The van der Waals surface area contributed by atoms with Crippen LogP contribution in [0.2, 0.25) is 0 Å². The maximum absolute atomic E-state index is 10.7. The Kier molecular flexibility index (Phi) is 3.97. The smallest absolute Gasteiger partial charge is 0.311 e. The van der Waals surface area contributed by atoms with Gasteiger partial charge in [-0.2, -0.15) is 0 Å². The molecule has 1 unspecified atom stereocenters. The molecule has 17 heavy (non-hydrogen) atoms. The molecule has 0 saturated carbocycles. The zero-order chi connectivity index (χ0) is 13.1. The number of anilines is 1. The Balaban J connectivity index is 2.89. The molecular weight excluding hydrogens is 226 g/mol. The lowest BCUT2D eigenvalue weighted by Crippen LogP contribution is -2.37. The van der Waals surface area contributed by atoms with Gasteiger partial charge in [-0.05, 0) is 19.9 Å². The third-order valence-electron chi connectivity index (χ3n) is 2.19. The molecule has 7 heteroatoms. The molecule has 0 amide bonds. The first-order chi connectivity index (χ1) is 7.85. The number of rotatable bonds is 5. The topological polar surface area (TPSA) is 109 Å². The van der Waals surface area contributed by atoms with Crippen LogP contribution in [0, 0.1) is 17.0 Å². The molecule has 1 aromatic rings. The summed E-state index contributed by atoms with van der Waals surface area (Å²) in [6.45, 7) is 2.65. The highest BCUT2D eigenvalue weighted by atomic mass is 16.6. The second-order valence-corrected chi connectivity index (χ2v) is 4.09. The van der Waals surface area contributed by atoms with Crippen molar-refractivity contribution in [3.63, 3.8) is 0 Å². The van der Waals surface area contributed by atoms with Crippen molar-refractivity contribution in [2.45, 2.75) is 19.4 Å². The number of nitrogens with zero attached hydrogens (tertiary/aromatic N) is 2. The largest absolute Gasteiger partial charge is 0.393 e. The molecule has 0 aromatic carbocycles. The third kappa shape index (κ3) is 3.65. The van der Waals surface area contributed by atoms with E-state index < -0.39 is 17.1 Å². The van der Waals surface area contributed by atoms with E-state index in [0.29, 0.717) is 5.69 Å². The molecule has 0 radical (unpaired) electrons. The fraction of sp³-hybridized carbons (Fsp3) is 0.500. The predicted molar refractivity (Wildman–Crippen MR) is 61.8 cm³/mol. The van der Waals surface area contributed by atoms with Crippen molar-refractivity contribution in [1.29, 1.82) is 0 Å². The average Bonchev–Trinajstić information content (AvgIpc) is 2.26. The zero-order valence-corrected chi connectivity index (χ0v) is 9.67. The van der Waals surface area contributed by atoms with Gasteiger partial charge < -0.3 is 15.5 Å². The highest BCUT2D eigenvalue weighted by Gasteiger charge is 2.22. The Hall–Kier alpha value is -1.73. The minimum atomic E-state index is -1.35. The minimum Gasteiger partial charge on any atom is -0.393 e. The van der Waals surface area contributed by atoms with Crippen molar-refractivity contribution in [2.75, 3.05) is 18.5 Å². The van der Waals surface area contributed by atoms with E-state index >= 15 is 0 Å². The van der Waals surface area contributed by atoms with Crippen LogP contribution in [0.25, 0.3) is 0 Å². The lowest BCUT2D eigenvalue weighted by atomic mass is 10.1. The summed E-state index contributed by atoms with van der Waals surface area (Å²) in [6, 6.07) is 2.88. The second kappa shape index (κ2) is 5.07. The maximum Gasteiger partial charge on any atom is 0.311 e. The summed E-state index contributed by atoms with van der Waals surface area (Å²) in [5.74, 6) is 0.0868. The van der Waals surface area contributed by atoms with Crippen LogP contribution in [0.3, 0.4) is 0 Å². The number of aromatic nitrogens is 1. The molecule has 3 N–H and O–H groups in total. The molecule has 7 nitrogen and oxygen atoms in total. The fourth-order valence-corrected chi connectivity index (χ4v) is 1.16. The lowest BCUT2D eigenvalue weighted by molar-refractivity contribution is -0.384. The fourth-order valence-electron chi connectivity index (χ4n) is 1.16. The highest BCUT2D eigenvalue weighted by Crippen LogP contribution is 2.22. The third-order valence-corrected chi connectivity index (χ3v) is 2.19. The normalized spacial score (nSPS) is 14.1. The quantitative estimate of drug-likeness (QED) is 0.510. The van der Waals surface area contributed by atoms with Gasteiger partial charge in [0.1, 0.15) is 5.60 Å². The Labute approximate surface area is 98.3 Å². The number of hydrogen-bond acceptors (Lipinski definition) is 6. The molecule has 94 valence electrons. The zero-order valence-electron chi connectivity index (χ0n) is 9.67. The van der Waals surface area contributed by atoms with E-state index in [4.69, 9.17) is 5.11 Å². The molecular formula is C10H15N3O4. The number of aryl methyl sites for hydroxylation is 1. The molecule has 1 aromatic heterocycles. The molecule has 0 aliphatic rings. The van der Waals surface area contributed by atoms with Gasteiger partial charge in [0.05, 0.1) is 11.5 Å². The molecule has 1 atom stereocenters. The van der Waals surface area contributed by atoms with Crippen molar-refractivity contribution in [3.05, 3.63) is 27.9 Å². The standard InChI is InChI=1S/C10H15N3O4/c1-7-3-4-8(13(16)17)9(12-7)11-5-10(2,15)6-14/h3-4,14-15H,5-6H2,1-2H3,(H,11,12). The molecule has 0 aliphatic heterocycles. The van der Waals surface area contributed by atoms with Gasteiger partial charge in [0.25, 0.3) is 0 Å². The van der Waals surface area contributed by atoms with Gasteiger partial charge in [0.15, 0.2) is 0 Å². The van der Waals surface area contributed by atoms with Crippen LogP contribution in [-0.4, -0.2) is 38.9 Å². The van der Waals surface area contributed by atoms with Crippen molar-refractivity contribution >= 4 is 11.5 Å². The number of aliphatic hydroxyl groups is 2. The summed E-state index contributed by atoms with van der Waals surface area (Å²) in [5, 5.41) is 31.8. The van der Waals surface area contributed by atoms with Crippen LogP contribution in [-0.2, 0) is 0 Å². The van der Waals surface area contributed by atoms with E-state index in [9.17, 15) is 15.2 Å². The predicted octanol–water partition coefficient (Wildman–Crippen LogP) is 0.453. The van der Waals surface area contributed by atoms with Gasteiger partial charge in [-0.15, -0.1) is 0 Å². The molecule has 1 heterocycles. The van der Waals surface area contributed by atoms with Crippen molar-refractivity contribution in [3.8, 4) is 0 Å². The number of nitro groups is 1. The van der Waals surface area contributed by atoms with E-state index in [2.05, 4.69) is 10.3 Å². The number of aliphatic hydroxyl groups excluding tert-OH is 1. The summed E-state index contributed by atoms with van der Waals surface area (Å²) < 4.78 is 0. The van der Waals surface area contributed by atoms with Crippen molar-refractivity contribution in [2.24, 2.45) is 0 Å². The van der Waals surface area contributed by atoms with E-state index in [1.807, 2.05) is 0 Å². The number of pyridine rings is 1. The van der Waals surface area contributed by atoms with E-state index in [1.54, 1.807) is 6.92 Å². The minimum absolute atomic E-state index is 0.0270. The Morgan fingerprint density at radius 2 is 2.24 bits per heavy atom. The molecule has 1 rings (SSSR count). The number of hydrogen-bond donors (Lipinski definition) is 3. The van der Waals surface area contributed by atoms with Crippen molar-refractivity contribution in [1.82, 2.24) is 4.98 Å². The highest BCUT2D eigenvalue weighted by molar-refractivity contribution is 5.56. The van der Waals surface area contributed by atoms with Gasteiger partial charge in [-0.1, -0.05) is 0 Å². The Bertz CT molecular complexity index is 420. The Morgan fingerprint density at radius 1 is 1.59 bits per heavy atom. The maximum atomic E-state index is 10.7. The molecule has 0 spiro atoms. The van der Waals surface area contributed by atoms with E-state index in [-0.39, 0.29) is 18.1 Å². The van der Waals surface area contributed by atoms with Gasteiger partial charge in [-0.25, -0.2) is 4.98 Å². The van der Waals surface area contributed by atoms with Crippen molar-refractivity contribution < 1.29 is 15.1 Å². The molecule has 0 bridgehead atoms. The van der Waals surface area contributed by atoms with Gasteiger partial charge in [-0.3, -0.25) is 10.1 Å². The van der Waals surface area contributed by atoms with Gasteiger partial charge in [0.2, 0.25) is 5.82 Å². The monoisotopic (exact) mass is 241 g/mol. The number of nitrogens with one attached hydrogen (secondary N) is 1. The molecule has 0 aliphatic carbocycles. The average molecular weight is 241 g/mol. The van der Waals surface area contributed by atoms with Crippen LogP contribution in [0.5, 0.6) is 0 Å². The summed E-state index contributed by atoms with van der Waals surface area (Å²) in [5.41, 5.74) is -0.884. The van der Waals surface area contributed by atoms with Gasteiger partial charge >= 0.3 is 5.69 Å². The molecule has 0 saturated heterocycles. The van der Waals surface area contributed by atoms with Crippen LogP contribution in [0.1, 0.15) is 12.6 Å². The van der Waals surface area contributed by atoms with E-state index in [0.717, 1.165) is 0 Å². The van der Waals surface area contributed by atoms with Crippen LogP contribution in [0.4, 0.5) is 11.5 Å². The Morgan fingerprint density at radius 3 is 2.76 bits per heavy atom. The second-order valence-electron chi connectivity index (χ2n) is 4.09. The molecule has 0 fully saturated rings. The SMILES string of the molecule is Cc1ccc([N+](=O)[O-])c(NCC(C)(O)CO)n1. The first-order valence-corrected chi connectivity index (χ1v) is 5.05.